The molecule has 4 rings (SSSR count). The molecule has 0 radical (unpaired) electrons. The fourth-order valence-corrected chi connectivity index (χ4v) is 4.67. The molecule has 0 bridgehead atoms. The van der Waals surface area contributed by atoms with Crippen molar-refractivity contribution >= 4 is 18.1 Å². The summed E-state index contributed by atoms with van der Waals surface area (Å²) in [6.07, 6.45) is 9.89. The third kappa shape index (κ3) is 5.05. The standard InChI is InChI=1S/C27H32N4O2/c1-26(2)13-14-27(3,4)24-17-22(12-9-19-7-10-20(11-8-19)25(32)33)21(16-23(24)26)6-5-15-31-29-18-28-30-31/h7-12,16-18H,5-6,13-15H2,1-4H3,(H,32,33). The molecule has 0 saturated carbocycles. The quantitative estimate of drug-likeness (QED) is 0.485. The zero-order chi connectivity index (χ0) is 23.6. The molecule has 0 spiro atoms. The van der Waals surface area contributed by atoms with E-state index < -0.39 is 5.97 Å². The van der Waals surface area contributed by atoms with Gasteiger partial charge in [-0.05, 0) is 81.7 Å². The molecule has 1 aromatic heterocycles. The van der Waals surface area contributed by atoms with Crippen molar-refractivity contribution in [3.8, 4) is 0 Å². The van der Waals surface area contributed by atoms with Gasteiger partial charge < -0.3 is 5.11 Å². The molecule has 6 heteroatoms. The summed E-state index contributed by atoms with van der Waals surface area (Å²) < 4.78 is 0. The summed E-state index contributed by atoms with van der Waals surface area (Å²) in [5, 5.41) is 21.0. The van der Waals surface area contributed by atoms with Crippen molar-refractivity contribution in [3.63, 3.8) is 0 Å². The number of carboxylic acids is 1. The number of tetrazole rings is 1. The van der Waals surface area contributed by atoms with E-state index in [9.17, 15) is 4.79 Å². The van der Waals surface area contributed by atoms with Gasteiger partial charge >= 0.3 is 5.97 Å². The molecule has 0 aliphatic heterocycles. The van der Waals surface area contributed by atoms with Gasteiger partial charge in [-0.2, -0.15) is 4.80 Å². The molecule has 2 aromatic carbocycles. The lowest BCUT2D eigenvalue weighted by Gasteiger charge is -2.42. The van der Waals surface area contributed by atoms with Crippen LogP contribution in [0.5, 0.6) is 0 Å². The fraction of sp³-hybridized carbons (Fsp3) is 0.407. The normalized spacial score (nSPS) is 16.6. The number of carbonyl (C=O) groups is 1. The van der Waals surface area contributed by atoms with Crippen LogP contribution in [0.3, 0.4) is 0 Å². The minimum Gasteiger partial charge on any atom is -0.478 e. The molecule has 33 heavy (non-hydrogen) atoms. The van der Waals surface area contributed by atoms with E-state index in [1.54, 1.807) is 16.9 Å². The van der Waals surface area contributed by atoms with E-state index in [0.29, 0.717) is 5.56 Å². The molecule has 172 valence electrons. The second kappa shape index (κ2) is 8.93. The average molecular weight is 445 g/mol. The van der Waals surface area contributed by atoms with Crippen LogP contribution >= 0.6 is 0 Å². The molecule has 0 unspecified atom stereocenters. The number of aromatic carboxylic acids is 1. The topological polar surface area (TPSA) is 80.9 Å². The van der Waals surface area contributed by atoms with Crippen molar-refractivity contribution in [2.75, 3.05) is 0 Å². The van der Waals surface area contributed by atoms with E-state index in [2.05, 4.69) is 67.4 Å². The smallest absolute Gasteiger partial charge is 0.335 e. The minimum absolute atomic E-state index is 0.139. The maximum atomic E-state index is 11.1. The van der Waals surface area contributed by atoms with Crippen LogP contribution < -0.4 is 0 Å². The number of rotatable bonds is 7. The van der Waals surface area contributed by atoms with E-state index in [1.807, 2.05) is 12.1 Å². The first-order valence-corrected chi connectivity index (χ1v) is 11.6. The molecule has 0 amide bonds. The van der Waals surface area contributed by atoms with Crippen molar-refractivity contribution in [1.29, 1.82) is 0 Å². The van der Waals surface area contributed by atoms with E-state index in [-0.39, 0.29) is 10.8 Å². The fourth-order valence-electron chi connectivity index (χ4n) is 4.67. The minimum atomic E-state index is -0.908. The van der Waals surface area contributed by atoms with Gasteiger partial charge in [0, 0.05) is 0 Å². The Morgan fingerprint density at radius 1 is 1.03 bits per heavy atom. The Kier molecular flexibility index (Phi) is 6.19. The van der Waals surface area contributed by atoms with E-state index in [1.165, 1.54) is 41.4 Å². The predicted molar refractivity (Wildman–Crippen MR) is 130 cm³/mol. The summed E-state index contributed by atoms with van der Waals surface area (Å²) >= 11 is 0. The van der Waals surface area contributed by atoms with Crippen LogP contribution in [0, 0.1) is 0 Å². The van der Waals surface area contributed by atoms with Gasteiger partial charge in [-0.15, -0.1) is 10.2 Å². The molecule has 1 N–H and O–H groups in total. The van der Waals surface area contributed by atoms with Gasteiger partial charge in [0.15, 0.2) is 6.33 Å². The predicted octanol–water partition coefficient (Wildman–Crippen LogP) is 5.52. The molecular weight excluding hydrogens is 412 g/mol. The first-order valence-electron chi connectivity index (χ1n) is 11.6. The first kappa shape index (κ1) is 22.9. The highest BCUT2D eigenvalue weighted by molar-refractivity contribution is 5.88. The van der Waals surface area contributed by atoms with Gasteiger partial charge in [-0.1, -0.05) is 64.1 Å². The van der Waals surface area contributed by atoms with Crippen molar-refractivity contribution in [2.45, 2.75) is 70.8 Å². The number of nitrogens with zero attached hydrogens (tertiary/aromatic N) is 4. The second-order valence-corrected chi connectivity index (χ2v) is 10.3. The van der Waals surface area contributed by atoms with Gasteiger partial charge in [0.2, 0.25) is 0 Å². The van der Waals surface area contributed by atoms with Crippen LogP contribution in [0.15, 0.2) is 42.7 Å². The van der Waals surface area contributed by atoms with Crippen molar-refractivity contribution in [1.82, 2.24) is 20.2 Å². The maximum Gasteiger partial charge on any atom is 0.335 e. The number of benzene rings is 2. The Bertz CT molecular complexity index is 1160. The third-order valence-corrected chi connectivity index (χ3v) is 6.92. The molecular formula is C27H32N4O2. The maximum absolute atomic E-state index is 11.1. The van der Waals surface area contributed by atoms with Gasteiger partial charge in [-0.3, -0.25) is 0 Å². The highest BCUT2D eigenvalue weighted by Crippen LogP contribution is 2.46. The molecule has 0 fully saturated rings. The highest BCUT2D eigenvalue weighted by Gasteiger charge is 2.37. The van der Waals surface area contributed by atoms with Crippen LogP contribution in [0.25, 0.3) is 12.2 Å². The number of fused-ring (bicyclic) bond motifs is 1. The summed E-state index contributed by atoms with van der Waals surface area (Å²) in [5.74, 6) is -0.908. The lowest BCUT2D eigenvalue weighted by atomic mass is 9.62. The first-order chi connectivity index (χ1) is 15.7. The zero-order valence-corrected chi connectivity index (χ0v) is 19.9. The highest BCUT2D eigenvalue weighted by atomic mass is 16.4. The van der Waals surface area contributed by atoms with Gasteiger partial charge in [-0.25, -0.2) is 4.79 Å². The lowest BCUT2D eigenvalue weighted by molar-refractivity contribution is 0.0697. The summed E-state index contributed by atoms with van der Waals surface area (Å²) in [7, 11) is 0. The number of aromatic nitrogens is 4. The van der Waals surface area contributed by atoms with Gasteiger partial charge in [0.05, 0.1) is 12.1 Å². The molecule has 0 saturated heterocycles. The van der Waals surface area contributed by atoms with Crippen molar-refractivity contribution in [3.05, 3.63) is 76.1 Å². The van der Waals surface area contributed by atoms with Crippen LogP contribution in [0.2, 0.25) is 0 Å². The molecule has 6 nitrogen and oxygen atoms in total. The number of hydrogen-bond donors (Lipinski definition) is 1. The molecule has 1 aliphatic carbocycles. The molecule has 1 aliphatic rings. The number of carboxylic acid groups (broad SMARTS) is 1. The second-order valence-electron chi connectivity index (χ2n) is 10.3. The van der Waals surface area contributed by atoms with E-state index >= 15 is 0 Å². The molecule has 0 atom stereocenters. The van der Waals surface area contributed by atoms with Crippen LogP contribution in [-0.2, 0) is 23.8 Å². The Hall–Kier alpha value is -3.28. The molecule has 3 aromatic rings. The Morgan fingerprint density at radius 3 is 2.30 bits per heavy atom. The zero-order valence-electron chi connectivity index (χ0n) is 19.9. The Balaban J connectivity index is 1.68. The monoisotopic (exact) mass is 444 g/mol. The average Bonchev–Trinajstić information content (AvgIpc) is 3.29. The Labute approximate surface area is 195 Å². The van der Waals surface area contributed by atoms with Crippen molar-refractivity contribution in [2.24, 2.45) is 0 Å². The number of hydrogen-bond acceptors (Lipinski definition) is 4. The summed E-state index contributed by atoms with van der Waals surface area (Å²) in [5.41, 5.74) is 6.99. The third-order valence-electron chi connectivity index (χ3n) is 6.92. The number of aryl methyl sites for hydroxylation is 2. The summed E-state index contributed by atoms with van der Waals surface area (Å²) in [4.78, 5) is 12.8. The Morgan fingerprint density at radius 2 is 1.70 bits per heavy atom. The van der Waals surface area contributed by atoms with E-state index in [0.717, 1.165) is 24.9 Å². The summed E-state index contributed by atoms with van der Waals surface area (Å²) in [6.45, 7) is 10.1. The van der Waals surface area contributed by atoms with Gasteiger partial charge in [0.1, 0.15) is 0 Å². The van der Waals surface area contributed by atoms with Crippen LogP contribution in [-0.4, -0.2) is 31.3 Å². The van der Waals surface area contributed by atoms with E-state index in [4.69, 9.17) is 5.11 Å². The van der Waals surface area contributed by atoms with Crippen LogP contribution in [0.1, 0.15) is 85.1 Å². The lowest BCUT2D eigenvalue weighted by Crippen LogP contribution is -2.34. The largest absolute Gasteiger partial charge is 0.478 e. The molecule has 1 heterocycles. The van der Waals surface area contributed by atoms with Crippen molar-refractivity contribution < 1.29 is 9.90 Å². The van der Waals surface area contributed by atoms with Gasteiger partial charge in [0.25, 0.3) is 0 Å². The summed E-state index contributed by atoms with van der Waals surface area (Å²) in [6, 6.07) is 11.8. The SMILES string of the molecule is CC1(C)CCC(C)(C)c2cc(CCCn3ncnn3)c(C=Cc3ccc(C(=O)O)cc3)cc21. The van der Waals surface area contributed by atoms with Crippen LogP contribution in [0.4, 0.5) is 0 Å².